The van der Waals surface area contributed by atoms with Crippen molar-refractivity contribution >= 4 is 0 Å². The van der Waals surface area contributed by atoms with Crippen LogP contribution < -0.4 is 10.1 Å². The summed E-state index contributed by atoms with van der Waals surface area (Å²) in [5.41, 5.74) is 1.36. The van der Waals surface area contributed by atoms with Crippen molar-refractivity contribution in [1.29, 1.82) is 0 Å². The second-order valence-electron chi connectivity index (χ2n) is 5.49. The van der Waals surface area contributed by atoms with Crippen LogP contribution >= 0.6 is 0 Å². The van der Waals surface area contributed by atoms with Gasteiger partial charge in [0.25, 0.3) is 0 Å². The van der Waals surface area contributed by atoms with Gasteiger partial charge < -0.3 is 10.1 Å². The zero-order valence-corrected chi connectivity index (χ0v) is 12.4. The second kappa shape index (κ2) is 7.42. The molecule has 1 atom stereocenters. The summed E-state index contributed by atoms with van der Waals surface area (Å²) in [5, 5.41) is 3.39. The Hall–Kier alpha value is -1.02. The minimum absolute atomic E-state index is 0.237. The highest BCUT2D eigenvalue weighted by atomic mass is 16.5. The molecule has 2 heteroatoms. The van der Waals surface area contributed by atoms with Crippen molar-refractivity contribution in [3.8, 4) is 5.75 Å². The van der Waals surface area contributed by atoms with Crippen molar-refractivity contribution in [2.24, 2.45) is 5.92 Å². The minimum Gasteiger partial charge on any atom is -0.491 e. The Kier molecular flexibility index (Phi) is 6.20. The van der Waals surface area contributed by atoms with Crippen molar-refractivity contribution in [1.82, 2.24) is 5.32 Å². The van der Waals surface area contributed by atoms with Gasteiger partial charge in [0.05, 0.1) is 6.10 Å². The third kappa shape index (κ3) is 5.09. The first-order valence-corrected chi connectivity index (χ1v) is 6.95. The summed E-state index contributed by atoms with van der Waals surface area (Å²) in [6, 6.07) is 9.03. The van der Waals surface area contributed by atoms with E-state index in [1.807, 2.05) is 13.1 Å². The van der Waals surface area contributed by atoms with E-state index >= 15 is 0 Å². The average Bonchev–Trinajstić information content (AvgIpc) is 2.29. The molecule has 0 aliphatic heterocycles. The van der Waals surface area contributed by atoms with E-state index in [4.69, 9.17) is 4.74 Å². The van der Waals surface area contributed by atoms with E-state index in [1.54, 1.807) is 0 Å². The Labute approximate surface area is 112 Å². The van der Waals surface area contributed by atoms with E-state index in [0.29, 0.717) is 12.0 Å². The lowest BCUT2D eigenvalue weighted by molar-refractivity contribution is 0.242. The topological polar surface area (TPSA) is 21.3 Å². The molecule has 1 aromatic carbocycles. The summed E-state index contributed by atoms with van der Waals surface area (Å²) in [7, 11) is 2.04. The van der Waals surface area contributed by atoms with Crippen LogP contribution in [0, 0.1) is 5.92 Å². The highest BCUT2D eigenvalue weighted by Gasteiger charge is 2.10. The van der Waals surface area contributed by atoms with Gasteiger partial charge in [0.2, 0.25) is 0 Å². The molecule has 1 N–H and O–H groups in total. The van der Waals surface area contributed by atoms with E-state index in [0.717, 1.165) is 12.2 Å². The van der Waals surface area contributed by atoms with Gasteiger partial charge in [-0.25, -0.2) is 0 Å². The molecule has 0 spiro atoms. The molecule has 0 amide bonds. The maximum atomic E-state index is 5.72. The third-order valence-electron chi connectivity index (χ3n) is 3.19. The van der Waals surface area contributed by atoms with Gasteiger partial charge in [-0.3, -0.25) is 0 Å². The van der Waals surface area contributed by atoms with Crippen molar-refractivity contribution in [2.45, 2.75) is 52.7 Å². The maximum Gasteiger partial charge on any atom is 0.119 e. The molecule has 2 nitrogen and oxygen atoms in total. The molecule has 18 heavy (non-hydrogen) atoms. The fraction of sp³-hybridized carbons (Fsp3) is 0.625. The van der Waals surface area contributed by atoms with E-state index in [2.05, 4.69) is 51.2 Å². The van der Waals surface area contributed by atoms with Crippen LogP contribution in [0.15, 0.2) is 24.3 Å². The van der Waals surface area contributed by atoms with Crippen LogP contribution in [0.5, 0.6) is 5.75 Å². The molecule has 0 saturated heterocycles. The predicted octanol–water partition coefficient (Wildman–Crippen LogP) is 3.65. The lowest BCUT2D eigenvalue weighted by atomic mass is 9.97. The number of benzene rings is 1. The van der Waals surface area contributed by atoms with Crippen LogP contribution in [0.4, 0.5) is 0 Å². The number of hydrogen-bond donors (Lipinski definition) is 1. The van der Waals surface area contributed by atoms with Crippen LogP contribution in [0.1, 0.15) is 39.7 Å². The van der Waals surface area contributed by atoms with E-state index in [9.17, 15) is 0 Å². The molecular weight excluding hydrogens is 222 g/mol. The number of rotatable bonds is 7. The minimum atomic E-state index is 0.237. The maximum absolute atomic E-state index is 5.72. The number of ether oxygens (including phenoxy) is 1. The van der Waals surface area contributed by atoms with Gasteiger partial charge >= 0.3 is 0 Å². The van der Waals surface area contributed by atoms with Gasteiger partial charge in [0.1, 0.15) is 5.75 Å². The highest BCUT2D eigenvalue weighted by molar-refractivity contribution is 5.28. The number of aryl methyl sites for hydroxylation is 1. The van der Waals surface area contributed by atoms with Gasteiger partial charge in [-0.15, -0.1) is 0 Å². The Morgan fingerprint density at radius 1 is 1.17 bits per heavy atom. The molecule has 1 aromatic rings. The van der Waals surface area contributed by atoms with Gasteiger partial charge in [0, 0.05) is 6.04 Å². The van der Waals surface area contributed by atoms with Crippen molar-refractivity contribution in [3.63, 3.8) is 0 Å². The molecule has 0 aliphatic rings. The van der Waals surface area contributed by atoms with Gasteiger partial charge in [-0.05, 0) is 57.4 Å². The zero-order chi connectivity index (χ0) is 13.5. The van der Waals surface area contributed by atoms with Crippen LogP contribution in [0.2, 0.25) is 0 Å². The molecule has 0 heterocycles. The lowest BCUT2D eigenvalue weighted by Crippen LogP contribution is -2.30. The summed E-state index contributed by atoms with van der Waals surface area (Å²) in [4.78, 5) is 0. The van der Waals surface area contributed by atoms with E-state index in [1.165, 1.54) is 12.0 Å². The van der Waals surface area contributed by atoms with Crippen LogP contribution in [0.3, 0.4) is 0 Å². The predicted molar refractivity (Wildman–Crippen MR) is 78.2 cm³/mol. The second-order valence-corrected chi connectivity index (χ2v) is 5.49. The summed E-state index contributed by atoms with van der Waals surface area (Å²) >= 11 is 0. The van der Waals surface area contributed by atoms with Crippen LogP contribution in [-0.2, 0) is 6.42 Å². The van der Waals surface area contributed by atoms with Gasteiger partial charge in [-0.2, -0.15) is 0 Å². The Bertz CT molecular complexity index is 347. The molecule has 1 rings (SSSR count). The number of hydrogen-bond acceptors (Lipinski definition) is 2. The van der Waals surface area contributed by atoms with Crippen molar-refractivity contribution < 1.29 is 4.74 Å². The Morgan fingerprint density at radius 2 is 1.89 bits per heavy atom. The average molecular weight is 249 g/mol. The Morgan fingerprint density at radius 3 is 2.44 bits per heavy atom. The first-order valence-electron chi connectivity index (χ1n) is 6.95. The summed E-state index contributed by atoms with van der Waals surface area (Å²) < 4.78 is 5.72. The standard InChI is InChI=1S/C16H27NO/c1-12(2)16(17-5)10-9-14-7-6-8-15(11-14)18-13(3)4/h6-8,11-13,16-17H,9-10H2,1-5H3. The normalized spacial score (nSPS) is 13.1. The lowest BCUT2D eigenvalue weighted by Gasteiger charge is -2.20. The van der Waals surface area contributed by atoms with E-state index in [-0.39, 0.29) is 6.10 Å². The monoisotopic (exact) mass is 249 g/mol. The van der Waals surface area contributed by atoms with Crippen molar-refractivity contribution in [3.05, 3.63) is 29.8 Å². The van der Waals surface area contributed by atoms with Gasteiger partial charge in [0.15, 0.2) is 0 Å². The quantitative estimate of drug-likeness (QED) is 0.796. The molecule has 102 valence electrons. The number of nitrogens with one attached hydrogen (secondary N) is 1. The van der Waals surface area contributed by atoms with Crippen LogP contribution in [-0.4, -0.2) is 19.2 Å². The highest BCUT2D eigenvalue weighted by Crippen LogP contribution is 2.17. The molecule has 0 aliphatic carbocycles. The van der Waals surface area contributed by atoms with E-state index < -0.39 is 0 Å². The first-order chi connectivity index (χ1) is 8.52. The molecule has 0 radical (unpaired) electrons. The molecule has 0 aromatic heterocycles. The third-order valence-corrected chi connectivity index (χ3v) is 3.19. The summed E-state index contributed by atoms with van der Waals surface area (Å²) in [6.07, 6.45) is 2.50. The molecule has 0 bridgehead atoms. The molecule has 0 fully saturated rings. The van der Waals surface area contributed by atoms with Gasteiger partial charge in [-0.1, -0.05) is 26.0 Å². The fourth-order valence-corrected chi connectivity index (χ4v) is 2.18. The smallest absolute Gasteiger partial charge is 0.119 e. The zero-order valence-electron chi connectivity index (χ0n) is 12.4. The molecular formula is C16H27NO. The SMILES string of the molecule is CNC(CCc1cccc(OC(C)C)c1)C(C)C. The summed E-state index contributed by atoms with van der Waals surface area (Å²) in [5.74, 6) is 1.65. The first kappa shape index (κ1) is 15.0. The Balaban J connectivity index is 2.56. The molecule has 0 saturated carbocycles. The summed E-state index contributed by atoms with van der Waals surface area (Å²) in [6.45, 7) is 8.64. The molecule has 1 unspecified atom stereocenters. The van der Waals surface area contributed by atoms with Crippen molar-refractivity contribution in [2.75, 3.05) is 7.05 Å². The fourth-order valence-electron chi connectivity index (χ4n) is 2.18. The largest absolute Gasteiger partial charge is 0.491 e. The van der Waals surface area contributed by atoms with Crippen LogP contribution in [0.25, 0.3) is 0 Å².